The van der Waals surface area contributed by atoms with Crippen LogP contribution in [0.4, 0.5) is 5.82 Å². The fraction of sp³-hybridized carbons (Fsp3) is 0.250. The minimum absolute atomic E-state index is 0.0252. The molecule has 4 heterocycles. The zero-order valence-electron chi connectivity index (χ0n) is 15.6. The van der Waals surface area contributed by atoms with Crippen molar-refractivity contribution < 1.29 is 9.53 Å². The van der Waals surface area contributed by atoms with Crippen LogP contribution in [-0.2, 0) is 11.2 Å². The molecule has 0 bridgehead atoms. The van der Waals surface area contributed by atoms with Crippen LogP contribution in [0, 0.1) is 0 Å². The Bertz CT molecular complexity index is 1130. The van der Waals surface area contributed by atoms with Crippen LogP contribution < -0.4 is 4.90 Å². The first-order valence-corrected chi connectivity index (χ1v) is 10.2. The SMILES string of the molecule is O=C(Cc1cc(N2CCOCC2)n2nccc2n1)c1ccc(-c2csnn2)cc1. The molecule has 146 valence electrons. The molecule has 8 nitrogen and oxygen atoms in total. The number of ether oxygens (including phenoxy) is 1. The Morgan fingerprint density at radius 2 is 1.97 bits per heavy atom. The maximum atomic E-state index is 12.9. The Balaban J connectivity index is 1.40. The Morgan fingerprint density at radius 1 is 1.14 bits per heavy atom. The van der Waals surface area contributed by atoms with E-state index in [1.165, 1.54) is 11.5 Å². The quantitative estimate of drug-likeness (QED) is 0.471. The third kappa shape index (κ3) is 3.62. The number of rotatable bonds is 5. The minimum Gasteiger partial charge on any atom is -0.378 e. The van der Waals surface area contributed by atoms with Crippen LogP contribution in [0.5, 0.6) is 0 Å². The summed E-state index contributed by atoms with van der Waals surface area (Å²) in [6, 6.07) is 11.3. The Morgan fingerprint density at radius 3 is 2.72 bits per heavy atom. The van der Waals surface area contributed by atoms with Crippen LogP contribution in [0.15, 0.2) is 48.0 Å². The molecule has 5 rings (SSSR count). The monoisotopic (exact) mass is 406 g/mol. The van der Waals surface area contributed by atoms with E-state index in [4.69, 9.17) is 4.74 Å². The predicted molar refractivity (Wildman–Crippen MR) is 109 cm³/mol. The largest absolute Gasteiger partial charge is 0.378 e. The van der Waals surface area contributed by atoms with E-state index in [2.05, 4.69) is 24.6 Å². The van der Waals surface area contributed by atoms with Gasteiger partial charge in [0.15, 0.2) is 11.4 Å². The summed E-state index contributed by atoms with van der Waals surface area (Å²) in [5.74, 6) is 0.967. The molecule has 0 aliphatic carbocycles. The van der Waals surface area contributed by atoms with E-state index in [9.17, 15) is 4.79 Å². The molecule has 1 fully saturated rings. The highest BCUT2D eigenvalue weighted by Gasteiger charge is 2.18. The summed E-state index contributed by atoms with van der Waals surface area (Å²) in [6.45, 7) is 2.94. The molecule has 4 aromatic rings. The standard InChI is InChI=1S/C20H18N6O2S/c27-18(15-3-1-14(2-4-15)17-13-29-24-23-17)11-16-12-20(25-7-9-28-10-8-25)26-19(22-16)5-6-21-26/h1-6,12-13H,7-11H2. The van der Waals surface area contributed by atoms with Gasteiger partial charge in [0.2, 0.25) is 0 Å². The van der Waals surface area contributed by atoms with E-state index in [0.717, 1.165) is 41.5 Å². The Kier molecular flexibility index (Phi) is 4.74. The maximum absolute atomic E-state index is 12.9. The van der Waals surface area contributed by atoms with Gasteiger partial charge in [0, 0.05) is 41.7 Å². The number of nitrogens with zero attached hydrogens (tertiary/aromatic N) is 6. The summed E-state index contributed by atoms with van der Waals surface area (Å²) in [4.78, 5) is 19.7. The number of hydrogen-bond donors (Lipinski definition) is 0. The summed E-state index contributed by atoms with van der Waals surface area (Å²) in [7, 11) is 0. The molecule has 0 spiro atoms. The van der Waals surface area contributed by atoms with E-state index < -0.39 is 0 Å². The lowest BCUT2D eigenvalue weighted by molar-refractivity contribution is 0.0992. The first-order valence-electron chi connectivity index (χ1n) is 9.35. The number of morpholine rings is 1. The van der Waals surface area contributed by atoms with Gasteiger partial charge >= 0.3 is 0 Å². The number of benzene rings is 1. The average molecular weight is 406 g/mol. The lowest BCUT2D eigenvalue weighted by Crippen LogP contribution is -2.37. The number of fused-ring (bicyclic) bond motifs is 1. The normalized spacial score (nSPS) is 14.4. The van der Waals surface area contributed by atoms with E-state index in [-0.39, 0.29) is 12.2 Å². The highest BCUT2D eigenvalue weighted by atomic mass is 32.1. The van der Waals surface area contributed by atoms with Crippen LogP contribution in [-0.4, -0.2) is 56.3 Å². The zero-order valence-corrected chi connectivity index (χ0v) is 16.4. The maximum Gasteiger partial charge on any atom is 0.168 e. The van der Waals surface area contributed by atoms with E-state index >= 15 is 0 Å². The molecule has 9 heteroatoms. The highest BCUT2D eigenvalue weighted by Crippen LogP contribution is 2.21. The molecule has 1 aliphatic rings. The number of ketones is 1. The Hall–Kier alpha value is -3.17. The van der Waals surface area contributed by atoms with Crippen LogP contribution in [0.2, 0.25) is 0 Å². The molecule has 0 N–H and O–H groups in total. The predicted octanol–water partition coefficient (Wildman–Crippen LogP) is 2.51. The second-order valence-electron chi connectivity index (χ2n) is 6.77. The van der Waals surface area contributed by atoms with Crippen molar-refractivity contribution in [2.24, 2.45) is 0 Å². The van der Waals surface area contributed by atoms with Gasteiger partial charge in [0.05, 0.1) is 31.5 Å². The summed E-state index contributed by atoms with van der Waals surface area (Å²) >= 11 is 1.31. The summed E-state index contributed by atoms with van der Waals surface area (Å²) in [6.07, 6.45) is 1.96. The molecule has 0 radical (unpaired) electrons. The van der Waals surface area contributed by atoms with Crippen molar-refractivity contribution in [3.05, 3.63) is 59.2 Å². The smallest absolute Gasteiger partial charge is 0.168 e. The molecule has 0 unspecified atom stereocenters. The summed E-state index contributed by atoms with van der Waals surface area (Å²) in [5.41, 5.74) is 3.89. The second-order valence-corrected chi connectivity index (χ2v) is 7.38. The molecular formula is C20H18N6O2S. The number of hydrogen-bond acceptors (Lipinski definition) is 8. The van der Waals surface area contributed by atoms with Gasteiger partial charge in [-0.3, -0.25) is 4.79 Å². The van der Waals surface area contributed by atoms with Gasteiger partial charge in [-0.15, -0.1) is 5.10 Å². The topological polar surface area (TPSA) is 85.5 Å². The van der Waals surface area contributed by atoms with Gasteiger partial charge < -0.3 is 9.64 Å². The fourth-order valence-electron chi connectivity index (χ4n) is 3.44. The van der Waals surface area contributed by atoms with Crippen LogP contribution in [0.3, 0.4) is 0 Å². The van der Waals surface area contributed by atoms with Crippen molar-refractivity contribution in [1.82, 2.24) is 24.2 Å². The van der Waals surface area contributed by atoms with Crippen molar-refractivity contribution in [1.29, 1.82) is 0 Å². The van der Waals surface area contributed by atoms with Crippen molar-refractivity contribution in [2.45, 2.75) is 6.42 Å². The molecule has 1 saturated heterocycles. The van der Waals surface area contributed by atoms with E-state index in [0.29, 0.717) is 18.8 Å². The first kappa shape index (κ1) is 17.9. The van der Waals surface area contributed by atoms with Crippen LogP contribution in [0.25, 0.3) is 16.9 Å². The molecule has 0 atom stereocenters. The number of carbonyl (C=O) groups is 1. The van der Waals surface area contributed by atoms with Crippen LogP contribution in [0.1, 0.15) is 16.1 Å². The minimum atomic E-state index is 0.0252. The molecule has 3 aromatic heterocycles. The lowest BCUT2D eigenvalue weighted by Gasteiger charge is -2.29. The number of anilines is 1. The van der Waals surface area contributed by atoms with Gasteiger partial charge in [-0.25, -0.2) is 4.98 Å². The molecule has 0 amide bonds. The van der Waals surface area contributed by atoms with E-state index in [1.54, 1.807) is 6.20 Å². The van der Waals surface area contributed by atoms with Crippen molar-refractivity contribution >= 4 is 28.8 Å². The lowest BCUT2D eigenvalue weighted by atomic mass is 10.0. The van der Waals surface area contributed by atoms with Gasteiger partial charge in [0.1, 0.15) is 11.5 Å². The van der Waals surface area contributed by atoms with Gasteiger partial charge in [0.25, 0.3) is 0 Å². The third-order valence-electron chi connectivity index (χ3n) is 4.93. The highest BCUT2D eigenvalue weighted by molar-refractivity contribution is 7.03. The summed E-state index contributed by atoms with van der Waals surface area (Å²) < 4.78 is 11.1. The van der Waals surface area contributed by atoms with E-state index in [1.807, 2.05) is 46.3 Å². The third-order valence-corrected chi connectivity index (χ3v) is 5.44. The number of aromatic nitrogens is 5. The van der Waals surface area contributed by atoms with Gasteiger partial charge in [-0.1, -0.05) is 28.8 Å². The first-order chi connectivity index (χ1) is 14.3. The van der Waals surface area contributed by atoms with Gasteiger partial charge in [-0.05, 0) is 11.5 Å². The zero-order chi connectivity index (χ0) is 19.6. The number of Topliss-reactive ketones (excluding diaryl/α,β-unsaturated/α-hetero) is 1. The van der Waals surface area contributed by atoms with Crippen molar-refractivity contribution in [3.8, 4) is 11.3 Å². The Labute approximate surface area is 170 Å². The molecular weight excluding hydrogens is 388 g/mol. The summed E-state index contributed by atoms with van der Waals surface area (Å²) in [5, 5.41) is 10.3. The fourth-order valence-corrected chi connectivity index (χ4v) is 3.90. The average Bonchev–Trinajstić information content (AvgIpc) is 3.46. The van der Waals surface area contributed by atoms with Crippen molar-refractivity contribution in [3.63, 3.8) is 0 Å². The molecule has 29 heavy (non-hydrogen) atoms. The molecule has 1 aromatic carbocycles. The number of carbonyl (C=O) groups excluding carboxylic acids is 1. The van der Waals surface area contributed by atoms with Crippen LogP contribution >= 0.6 is 11.5 Å². The molecule has 0 saturated carbocycles. The second kappa shape index (κ2) is 7.69. The van der Waals surface area contributed by atoms with Crippen molar-refractivity contribution in [2.75, 3.05) is 31.2 Å². The van der Waals surface area contributed by atoms with Gasteiger partial charge in [-0.2, -0.15) is 9.61 Å². The molecule has 1 aliphatic heterocycles.